The van der Waals surface area contributed by atoms with Crippen molar-refractivity contribution in [1.29, 1.82) is 0 Å². The molecule has 1 amide bonds. The minimum Gasteiger partial charge on any atom is -0.494 e. The molecule has 1 aliphatic heterocycles. The molecule has 0 aromatic carbocycles. The van der Waals surface area contributed by atoms with Crippen molar-refractivity contribution in [2.24, 2.45) is 0 Å². The number of fused-ring (bicyclic) bond motifs is 1. The van der Waals surface area contributed by atoms with E-state index in [0.29, 0.717) is 0 Å². The van der Waals surface area contributed by atoms with Crippen LogP contribution in [0.5, 0.6) is 5.75 Å². The molecule has 0 saturated carbocycles. The number of pyridine rings is 2. The van der Waals surface area contributed by atoms with Crippen molar-refractivity contribution in [3.05, 3.63) is 53.9 Å². The summed E-state index contributed by atoms with van der Waals surface area (Å²) in [6.07, 6.45) is 1.90. The predicted octanol–water partition coefficient (Wildman–Crippen LogP) is 0.671. The Bertz CT molecular complexity index is 2010. The number of rotatable bonds is 6. The van der Waals surface area contributed by atoms with Crippen LogP contribution in [0.1, 0.15) is 31.3 Å². The molecule has 15 heteroatoms. The Morgan fingerprint density at radius 3 is 2.77 bits per heavy atom. The van der Waals surface area contributed by atoms with Crippen LogP contribution >= 0.6 is 0 Å². The summed E-state index contributed by atoms with van der Waals surface area (Å²) in [7, 11) is 1.36. The first-order valence-corrected chi connectivity index (χ1v) is 11.6. The second kappa shape index (κ2) is 9.59. The first kappa shape index (κ1) is 17.3. The number of aryl methyl sites for hydroxylation is 1. The van der Waals surface area contributed by atoms with Crippen molar-refractivity contribution >= 4 is 28.5 Å². The van der Waals surface area contributed by atoms with Crippen molar-refractivity contribution in [1.82, 2.24) is 54.8 Å². The van der Waals surface area contributed by atoms with Gasteiger partial charge in [0.15, 0.2) is 11.6 Å². The van der Waals surface area contributed by atoms with Crippen LogP contribution in [-0.2, 0) is 4.79 Å². The Labute approximate surface area is 231 Å². The SMILES string of the molecule is [2H]c1nc(-n2nnnc2N2CCN(C(=O)C(=O)c3c[nH]c4c(-n5nc(C([2H])([2H])[2H])nc5[2H])ncc(OC)c34)CC2)c([2H])c([2H])c1C. The molecule has 15 nitrogen and oxygen atoms in total. The number of hydrogen-bond donors (Lipinski definition) is 1. The number of tetrazole rings is 1. The molecule has 39 heavy (non-hydrogen) atoms. The number of anilines is 1. The van der Waals surface area contributed by atoms with Crippen LogP contribution < -0.4 is 9.64 Å². The van der Waals surface area contributed by atoms with Gasteiger partial charge in [0, 0.05) is 42.7 Å². The summed E-state index contributed by atoms with van der Waals surface area (Å²) in [5.41, 5.74) is 0.399. The third-order valence-electron chi connectivity index (χ3n) is 6.15. The summed E-state index contributed by atoms with van der Waals surface area (Å²) in [5.74, 6) is -1.93. The van der Waals surface area contributed by atoms with Gasteiger partial charge in [-0.1, -0.05) is 11.1 Å². The van der Waals surface area contributed by atoms with E-state index in [1.807, 2.05) is 0 Å². The number of aromatic nitrogens is 10. The smallest absolute Gasteiger partial charge is 0.295 e. The number of carbonyl (C=O) groups excluding carboxylic acids is 2. The Hall–Kier alpha value is -5.21. The van der Waals surface area contributed by atoms with Gasteiger partial charge < -0.3 is 19.5 Å². The lowest BCUT2D eigenvalue weighted by Crippen LogP contribution is -2.51. The van der Waals surface area contributed by atoms with E-state index in [2.05, 4.69) is 40.6 Å². The third-order valence-corrected chi connectivity index (χ3v) is 6.15. The molecule has 5 aromatic rings. The monoisotopic (exact) mass is 535 g/mol. The van der Waals surface area contributed by atoms with Gasteiger partial charge in [-0.25, -0.2) is 19.6 Å². The normalized spacial score (nSPS) is 16.6. The largest absolute Gasteiger partial charge is 0.494 e. The number of methoxy groups -OCH3 is 1. The number of amides is 1. The summed E-state index contributed by atoms with van der Waals surface area (Å²) in [5, 5.41) is 15.7. The second-order valence-corrected chi connectivity index (χ2v) is 8.47. The van der Waals surface area contributed by atoms with Crippen molar-refractivity contribution in [3.8, 4) is 17.4 Å². The lowest BCUT2D eigenvalue weighted by Gasteiger charge is -2.34. The molecule has 5 aromatic heterocycles. The van der Waals surface area contributed by atoms with Crippen molar-refractivity contribution in [3.63, 3.8) is 0 Å². The highest BCUT2D eigenvalue weighted by Gasteiger charge is 2.31. The molecule has 198 valence electrons. The maximum Gasteiger partial charge on any atom is 0.295 e. The maximum absolute atomic E-state index is 13.6. The highest BCUT2D eigenvalue weighted by atomic mass is 16.5. The van der Waals surface area contributed by atoms with Crippen LogP contribution in [0.2, 0.25) is 0 Å². The fourth-order valence-corrected chi connectivity index (χ4v) is 4.26. The van der Waals surface area contributed by atoms with Crippen molar-refractivity contribution < 1.29 is 23.9 Å². The van der Waals surface area contributed by atoms with E-state index in [0.717, 1.165) is 4.68 Å². The Morgan fingerprint density at radius 1 is 1.15 bits per heavy atom. The van der Waals surface area contributed by atoms with E-state index in [1.54, 1.807) is 4.90 Å². The number of hydrogen-bond acceptors (Lipinski definition) is 11. The van der Waals surface area contributed by atoms with Gasteiger partial charge in [0.05, 0.1) is 33.9 Å². The average Bonchev–Trinajstić information content (AvgIpc) is 3.79. The molecule has 1 aliphatic rings. The molecule has 0 bridgehead atoms. The Balaban J connectivity index is 1.24. The lowest BCUT2D eigenvalue weighted by atomic mass is 10.1. The Kier molecular flexibility index (Phi) is 4.26. The molecule has 6 rings (SSSR count). The number of carbonyl (C=O) groups is 2. The zero-order chi connectivity index (χ0) is 33.1. The van der Waals surface area contributed by atoms with Gasteiger partial charge in [-0.2, -0.15) is 9.78 Å². The molecule has 6 heterocycles. The van der Waals surface area contributed by atoms with E-state index < -0.39 is 30.7 Å². The zero-order valence-corrected chi connectivity index (χ0v) is 20.6. The fraction of sp³-hybridized carbons (Fsp3) is 0.292. The van der Waals surface area contributed by atoms with Gasteiger partial charge in [0.1, 0.15) is 19.2 Å². The van der Waals surface area contributed by atoms with Crippen LogP contribution in [0, 0.1) is 13.8 Å². The van der Waals surface area contributed by atoms with Crippen LogP contribution in [0.15, 0.2) is 37.0 Å². The van der Waals surface area contributed by atoms with Crippen LogP contribution in [0.4, 0.5) is 5.95 Å². The zero-order valence-electron chi connectivity index (χ0n) is 27.6. The van der Waals surface area contributed by atoms with E-state index >= 15 is 0 Å². The number of piperazine rings is 1. The average molecular weight is 536 g/mol. The number of nitrogens with zero attached hydrogens (tertiary/aromatic N) is 11. The van der Waals surface area contributed by atoms with Gasteiger partial charge in [0.2, 0.25) is 0 Å². The fourth-order valence-electron chi connectivity index (χ4n) is 4.26. The molecular weight excluding hydrogens is 504 g/mol. The minimum absolute atomic E-state index is 0.0180. The predicted molar refractivity (Wildman–Crippen MR) is 137 cm³/mol. The summed E-state index contributed by atoms with van der Waals surface area (Å²) in [4.78, 5) is 45.0. The second-order valence-electron chi connectivity index (χ2n) is 8.47. The molecule has 0 unspecified atom stereocenters. The molecule has 0 atom stereocenters. The minimum atomic E-state index is -2.66. The topological polar surface area (TPSA) is 166 Å². The molecule has 0 spiro atoms. The van der Waals surface area contributed by atoms with Crippen LogP contribution in [0.25, 0.3) is 22.5 Å². The quantitative estimate of drug-likeness (QED) is 0.240. The molecule has 1 saturated heterocycles. The van der Waals surface area contributed by atoms with Crippen molar-refractivity contribution in [2.45, 2.75) is 13.8 Å². The molecular formula is C24H24N12O3. The number of ether oxygens (including phenoxy) is 1. The lowest BCUT2D eigenvalue weighted by molar-refractivity contribution is -0.126. The summed E-state index contributed by atoms with van der Waals surface area (Å²) in [6, 6.07) is -0.404. The molecule has 1 fully saturated rings. The molecule has 0 aliphatic carbocycles. The number of ketones is 1. The van der Waals surface area contributed by atoms with E-state index in [4.69, 9.17) is 14.3 Å². The first-order chi connectivity index (χ1) is 21.8. The summed E-state index contributed by atoms with van der Waals surface area (Å²) < 4.78 is 62.7. The maximum atomic E-state index is 13.6. The van der Waals surface area contributed by atoms with Gasteiger partial charge >= 0.3 is 0 Å². The highest BCUT2D eigenvalue weighted by molar-refractivity contribution is 6.45. The van der Waals surface area contributed by atoms with E-state index in [1.165, 1.54) is 36.0 Å². The summed E-state index contributed by atoms with van der Waals surface area (Å²) in [6.45, 7) is -0.463. The number of aromatic amines is 1. The van der Waals surface area contributed by atoms with Crippen LogP contribution in [0.3, 0.4) is 0 Å². The van der Waals surface area contributed by atoms with Gasteiger partial charge in [-0.15, -0.1) is 0 Å². The molecule has 0 radical (unpaired) electrons. The van der Waals surface area contributed by atoms with Gasteiger partial charge in [0.25, 0.3) is 17.6 Å². The number of Topliss-reactive ketones (excluding diaryl/α,β-unsaturated/α-hetero) is 1. The molecule has 1 N–H and O–H groups in total. The van der Waals surface area contributed by atoms with E-state index in [-0.39, 0.29) is 89.8 Å². The van der Waals surface area contributed by atoms with Gasteiger partial charge in [-0.05, 0) is 35.8 Å². The third kappa shape index (κ3) is 4.22. The Morgan fingerprint density at radius 2 is 2.00 bits per heavy atom. The highest BCUT2D eigenvalue weighted by Crippen LogP contribution is 2.32. The number of H-pyrrole nitrogens is 1. The van der Waals surface area contributed by atoms with Crippen molar-refractivity contribution in [2.75, 3.05) is 38.2 Å². The first-order valence-electron chi connectivity index (χ1n) is 15.1. The summed E-state index contributed by atoms with van der Waals surface area (Å²) >= 11 is 0. The number of nitrogens with one attached hydrogen (secondary N) is 1. The van der Waals surface area contributed by atoms with E-state index in [9.17, 15) is 9.59 Å². The van der Waals surface area contributed by atoms with Crippen LogP contribution in [-0.4, -0.2) is 99.8 Å². The standard InChI is InChI=1S/C24H24N12O3/c1-14-4-5-18(25-10-14)36-24(29-31-32-36)34-8-6-33(7-9-34)23(38)21(37)16-11-26-20-19(16)17(39-3)12-27-22(20)35-13-28-15(2)30-35/h4-5,10-13,26H,6-9H2,1-3H3/i2D3,4D,5D,10D,13D. The van der Waals surface area contributed by atoms with Gasteiger partial charge in [-0.3, -0.25) is 9.59 Å².